The van der Waals surface area contributed by atoms with Crippen LogP contribution in [-0.2, 0) is 14.3 Å². The summed E-state index contributed by atoms with van der Waals surface area (Å²) in [5.74, 6) is -3.21. The first kappa shape index (κ1) is 29.8. The molecule has 0 radical (unpaired) electrons. The third-order valence-electron chi connectivity index (χ3n) is 6.86. The molecule has 15 heteroatoms. The van der Waals surface area contributed by atoms with Crippen molar-refractivity contribution in [3.05, 3.63) is 79.1 Å². The highest BCUT2D eigenvalue weighted by Gasteiger charge is 2.38. The van der Waals surface area contributed by atoms with Gasteiger partial charge >= 0.3 is 11.9 Å². The first-order valence-corrected chi connectivity index (χ1v) is 14.5. The van der Waals surface area contributed by atoms with Gasteiger partial charge in [-0.25, -0.2) is 33.3 Å². The first-order valence-electron chi connectivity index (χ1n) is 12.9. The largest absolute Gasteiger partial charge is 0.466 e. The molecule has 42 heavy (non-hydrogen) atoms. The number of benzene rings is 1. The number of methoxy groups -OCH3 is 1. The van der Waals surface area contributed by atoms with Crippen molar-refractivity contribution >= 4 is 58.3 Å². The topological polar surface area (TPSA) is 119 Å². The molecule has 0 aliphatic carbocycles. The van der Waals surface area contributed by atoms with E-state index in [0.717, 1.165) is 6.07 Å². The minimum absolute atomic E-state index is 0.0224. The van der Waals surface area contributed by atoms with Crippen molar-refractivity contribution < 1.29 is 27.8 Å². The van der Waals surface area contributed by atoms with Crippen molar-refractivity contribution in [2.45, 2.75) is 25.8 Å². The summed E-state index contributed by atoms with van der Waals surface area (Å²) in [4.78, 5) is 45.0. The van der Waals surface area contributed by atoms with Crippen molar-refractivity contribution in [1.82, 2.24) is 20.3 Å². The van der Waals surface area contributed by atoms with E-state index in [9.17, 15) is 18.4 Å². The fourth-order valence-corrected chi connectivity index (χ4v) is 5.88. The minimum Gasteiger partial charge on any atom is -0.466 e. The number of piperidine rings is 1. The molecule has 1 saturated heterocycles. The summed E-state index contributed by atoms with van der Waals surface area (Å²) in [7, 11) is 1.23. The van der Waals surface area contributed by atoms with E-state index >= 15 is 0 Å². The monoisotopic (exact) mass is 636 g/mol. The predicted octanol–water partition coefficient (Wildman–Crippen LogP) is 5.13. The van der Waals surface area contributed by atoms with Crippen molar-refractivity contribution in [3.8, 4) is 0 Å². The summed E-state index contributed by atoms with van der Waals surface area (Å²) < 4.78 is 38.7. The van der Waals surface area contributed by atoms with Gasteiger partial charge in [0.15, 0.2) is 28.2 Å². The predicted molar refractivity (Wildman–Crippen MR) is 153 cm³/mol. The van der Waals surface area contributed by atoms with Gasteiger partial charge in [0.05, 0.1) is 35.5 Å². The number of esters is 2. The van der Waals surface area contributed by atoms with Gasteiger partial charge in [0.1, 0.15) is 6.04 Å². The molecule has 2 aliphatic rings. The Morgan fingerprint density at radius 2 is 1.93 bits per heavy atom. The number of halogens is 4. The summed E-state index contributed by atoms with van der Waals surface area (Å²) in [5.41, 5.74) is 0.751. The van der Waals surface area contributed by atoms with Gasteiger partial charge in [-0.2, -0.15) is 0 Å². The number of hydrogen-bond donors (Lipinski definition) is 1. The highest BCUT2D eigenvalue weighted by atomic mass is 35.5. The van der Waals surface area contributed by atoms with Gasteiger partial charge in [-0.05, 0) is 25.8 Å². The van der Waals surface area contributed by atoms with E-state index in [-0.39, 0.29) is 34.4 Å². The lowest BCUT2D eigenvalue weighted by molar-refractivity contribution is -0.136. The van der Waals surface area contributed by atoms with Crippen LogP contribution < -0.4 is 10.2 Å². The van der Waals surface area contributed by atoms with Crippen molar-refractivity contribution in [1.29, 1.82) is 0 Å². The summed E-state index contributed by atoms with van der Waals surface area (Å²) >= 11 is 13.7. The second-order valence-electron chi connectivity index (χ2n) is 9.27. The van der Waals surface area contributed by atoms with Gasteiger partial charge in [-0.1, -0.05) is 29.3 Å². The molecule has 1 fully saturated rings. The minimum atomic E-state index is -1.23. The Balaban J connectivity index is 1.50. The SMILES string of the molecule is CCOC(=O)c1nc(N2CCC(C3=C(C(=O)OC)C(c4ccc(F)c(F)c4Cl)N=C(c4nccs4)N3)CC2)ncc1Cl. The number of carbonyl (C=O) groups excluding carboxylic acids is 2. The Hall–Kier alpha value is -3.68. The Bertz CT molecular complexity index is 1580. The standard InChI is InChI=1S/C27H24Cl2F2N6O4S/c1-3-41-26(39)22-15(28)12-33-27(36-22)37-9-6-13(7-10-37)20-17(25(38)40-2)21(14-4-5-16(30)19(31)18(14)29)35-23(34-20)24-32-8-11-42-24/h4-5,8,11-13,21H,3,6-7,9-10H2,1-2H3,(H,34,35). The summed E-state index contributed by atoms with van der Waals surface area (Å²) in [5, 5.41) is 5.20. The second kappa shape index (κ2) is 12.7. The zero-order chi connectivity index (χ0) is 30.0. The lowest BCUT2D eigenvalue weighted by Gasteiger charge is -2.36. The lowest BCUT2D eigenvalue weighted by atomic mass is 9.85. The number of hydrogen-bond acceptors (Lipinski definition) is 11. The Labute approximate surface area is 253 Å². The molecule has 2 aromatic heterocycles. The molecule has 0 spiro atoms. The maximum absolute atomic E-state index is 14.6. The van der Waals surface area contributed by atoms with Gasteiger partial charge in [-0.15, -0.1) is 11.3 Å². The van der Waals surface area contributed by atoms with Crippen LogP contribution in [0.5, 0.6) is 0 Å². The van der Waals surface area contributed by atoms with Crippen LogP contribution in [0.15, 0.2) is 46.2 Å². The van der Waals surface area contributed by atoms with Crippen LogP contribution >= 0.6 is 34.5 Å². The van der Waals surface area contributed by atoms with Crippen molar-refractivity contribution in [3.63, 3.8) is 0 Å². The van der Waals surface area contributed by atoms with E-state index in [1.165, 1.54) is 30.7 Å². The number of aliphatic imine (C=N–C) groups is 1. The van der Waals surface area contributed by atoms with Gasteiger partial charge < -0.3 is 19.7 Å². The maximum atomic E-state index is 14.6. The molecule has 5 rings (SSSR count). The molecule has 1 atom stereocenters. The molecular formula is C27H24Cl2F2N6O4S. The van der Waals surface area contributed by atoms with Crippen LogP contribution in [0.2, 0.25) is 10.0 Å². The van der Waals surface area contributed by atoms with E-state index in [2.05, 4.69) is 25.3 Å². The van der Waals surface area contributed by atoms with E-state index < -0.39 is 34.6 Å². The van der Waals surface area contributed by atoms with Crippen molar-refractivity contribution in [2.24, 2.45) is 10.9 Å². The molecule has 220 valence electrons. The number of nitrogens with zero attached hydrogens (tertiary/aromatic N) is 5. The number of ether oxygens (including phenoxy) is 2. The molecule has 1 aromatic carbocycles. The molecule has 1 unspecified atom stereocenters. The molecular weight excluding hydrogens is 613 g/mol. The summed E-state index contributed by atoms with van der Waals surface area (Å²) in [6, 6.07) is 1.17. The Morgan fingerprint density at radius 1 is 1.17 bits per heavy atom. The smallest absolute Gasteiger partial charge is 0.358 e. The van der Waals surface area contributed by atoms with E-state index in [1.54, 1.807) is 18.5 Å². The quantitative estimate of drug-likeness (QED) is 0.278. The van der Waals surface area contributed by atoms with E-state index in [1.807, 2.05) is 4.90 Å². The van der Waals surface area contributed by atoms with Crippen LogP contribution in [0.1, 0.15) is 46.9 Å². The van der Waals surface area contributed by atoms with Gasteiger partial charge in [0.25, 0.3) is 0 Å². The Morgan fingerprint density at radius 3 is 2.60 bits per heavy atom. The average Bonchev–Trinajstić information content (AvgIpc) is 3.55. The normalized spacial score (nSPS) is 17.5. The number of allylic oxidation sites excluding steroid dienone is 1. The fraction of sp³-hybridized carbons (Fsp3) is 0.333. The molecule has 0 amide bonds. The number of amidine groups is 1. The highest BCUT2D eigenvalue weighted by Crippen LogP contribution is 2.41. The number of rotatable bonds is 7. The lowest BCUT2D eigenvalue weighted by Crippen LogP contribution is -2.42. The zero-order valence-electron chi connectivity index (χ0n) is 22.4. The van der Waals surface area contributed by atoms with Gasteiger partial charge in [0.2, 0.25) is 5.95 Å². The number of thiazole rings is 1. The summed E-state index contributed by atoms with van der Waals surface area (Å²) in [6.45, 7) is 2.79. The van der Waals surface area contributed by atoms with Crippen molar-refractivity contribution in [2.75, 3.05) is 31.7 Å². The zero-order valence-corrected chi connectivity index (χ0v) is 24.7. The third kappa shape index (κ3) is 5.81. The highest BCUT2D eigenvalue weighted by molar-refractivity contribution is 7.11. The van der Waals surface area contributed by atoms with Crippen LogP contribution in [0.3, 0.4) is 0 Å². The first-order chi connectivity index (χ1) is 20.2. The molecule has 0 saturated carbocycles. The van der Waals surface area contributed by atoms with Crippen LogP contribution in [-0.4, -0.2) is 59.5 Å². The van der Waals surface area contributed by atoms with Crippen LogP contribution in [0.25, 0.3) is 0 Å². The molecule has 4 heterocycles. The van der Waals surface area contributed by atoms with Gasteiger partial charge in [0, 0.05) is 41.8 Å². The molecule has 0 bridgehead atoms. The van der Waals surface area contributed by atoms with E-state index in [0.29, 0.717) is 48.4 Å². The average molecular weight is 637 g/mol. The third-order valence-corrected chi connectivity index (χ3v) is 8.30. The Kier molecular flexibility index (Phi) is 8.99. The second-order valence-corrected chi connectivity index (χ2v) is 11.0. The number of nitrogens with one attached hydrogen (secondary N) is 1. The summed E-state index contributed by atoms with van der Waals surface area (Å²) in [6.07, 6.45) is 4.04. The molecule has 10 nitrogen and oxygen atoms in total. The molecule has 1 N–H and O–H groups in total. The number of anilines is 1. The molecule has 2 aliphatic heterocycles. The van der Waals surface area contributed by atoms with Gasteiger partial charge in [-0.3, -0.25) is 4.99 Å². The molecule has 3 aromatic rings. The van der Waals surface area contributed by atoms with Crippen LogP contribution in [0, 0.1) is 17.6 Å². The maximum Gasteiger partial charge on any atom is 0.358 e. The number of aromatic nitrogens is 3. The number of carbonyl (C=O) groups is 2. The van der Waals surface area contributed by atoms with E-state index in [4.69, 9.17) is 32.7 Å². The fourth-order valence-electron chi connectivity index (χ4n) is 4.87. The van der Waals surface area contributed by atoms with Crippen LogP contribution in [0.4, 0.5) is 14.7 Å².